The van der Waals surface area contributed by atoms with Crippen LogP contribution in [0.25, 0.3) is 119 Å². The van der Waals surface area contributed by atoms with Gasteiger partial charge in [0.2, 0.25) is 0 Å². The summed E-state index contributed by atoms with van der Waals surface area (Å²) >= 11 is 1.88. The second-order valence-corrected chi connectivity index (χ2v) is 15.9. The van der Waals surface area contributed by atoms with Gasteiger partial charge in [-0.1, -0.05) is 129 Å². The van der Waals surface area contributed by atoms with Crippen LogP contribution in [0.2, 0.25) is 0 Å². The number of aromatic nitrogens is 2. The van der Waals surface area contributed by atoms with Crippen LogP contribution in [-0.2, 0) is 0 Å². The molecule has 0 radical (unpaired) electrons. The fraction of sp³-hybridized carbons (Fsp3) is 0.0370. The second-order valence-electron chi connectivity index (χ2n) is 14.9. The van der Waals surface area contributed by atoms with Crippen LogP contribution in [-0.4, -0.2) is 9.13 Å². The first-order valence-electron chi connectivity index (χ1n) is 19.9. The minimum Gasteiger partial charge on any atom is -0.309 e. The van der Waals surface area contributed by atoms with Crippen LogP contribution < -0.4 is 0 Å². The fourth-order valence-electron chi connectivity index (χ4n) is 9.70. The zero-order valence-corrected chi connectivity index (χ0v) is 32.4. The lowest BCUT2D eigenvalue weighted by Gasteiger charge is -2.10. The Labute approximate surface area is 334 Å². The average molecular weight is 745 g/mol. The number of fused-ring (bicyclic) bond motifs is 13. The smallest absolute Gasteiger partial charge is 0.0553 e. The number of para-hydroxylation sites is 2. The van der Waals surface area contributed by atoms with Crippen LogP contribution in [0.15, 0.2) is 182 Å². The van der Waals surface area contributed by atoms with Gasteiger partial charge in [0.25, 0.3) is 0 Å². The first-order valence-corrected chi connectivity index (χ1v) is 20.7. The molecular weight excluding hydrogens is 709 g/mol. The molecule has 2 nitrogen and oxygen atoms in total. The Morgan fingerprint density at radius 3 is 1.74 bits per heavy atom. The molecule has 1 aliphatic rings. The average Bonchev–Trinajstić information content (AvgIpc) is 4.01. The zero-order chi connectivity index (χ0) is 37.8. The molecule has 3 heteroatoms. The van der Waals surface area contributed by atoms with E-state index in [1.807, 2.05) is 25.2 Å². The van der Waals surface area contributed by atoms with Crippen LogP contribution >= 0.6 is 11.3 Å². The maximum absolute atomic E-state index is 2.51. The molecule has 3 aromatic heterocycles. The Morgan fingerprint density at radius 1 is 0.316 bits per heavy atom. The number of nitrogens with zero attached hydrogens (tertiary/aromatic N) is 2. The standard InChI is InChI=1S/C52H30N2S.C2H6/c1-2-11-33(12-3-1)53-45-19-8-6-15-37(45)42-27-31(21-25-46(42)53)32-22-26-47-44(28-32)52-41-18-10-17-40-35-13-4-5-14-36(35)43(51(40)41)30-48(52)54(47)34-23-24-39-38-16-7-9-20-49(38)55-50(39)29-34;1-2/h1-30H;1-2H3. The maximum Gasteiger partial charge on any atom is 0.0553 e. The third-order valence-corrected chi connectivity index (χ3v) is 13.2. The molecule has 268 valence electrons. The van der Waals surface area contributed by atoms with Crippen molar-refractivity contribution in [3.63, 3.8) is 0 Å². The summed E-state index contributed by atoms with van der Waals surface area (Å²) in [5.74, 6) is 0. The molecular formula is C54H36N2S. The molecule has 0 saturated carbocycles. The highest BCUT2D eigenvalue weighted by molar-refractivity contribution is 7.25. The molecule has 0 amide bonds. The summed E-state index contributed by atoms with van der Waals surface area (Å²) in [4.78, 5) is 0. The van der Waals surface area contributed by atoms with Crippen molar-refractivity contribution < 1.29 is 0 Å². The van der Waals surface area contributed by atoms with Crippen molar-refractivity contribution in [1.82, 2.24) is 9.13 Å². The number of hydrogen-bond acceptors (Lipinski definition) is 1. The van der Waals surface area contributed by atoms with E-state index in [4.69, 9.17) is 0 Å². The SMILES string of the molecule is CC.c1ccc(-n2c3ccccc3c3cc(-c4ccc5c(c4)c4c6cccc7c6c(cc4n5-c4ccc5c(c4)sc4ccccc45)-c4ccccc4-7)ccc32)cc1. The Bertz CT molecular complexity index is 3600. The lowest BCUT2D eigenvalue weighted by atomic mass is 9.96. The van der Waals surface area contributed by atoms with Crippen molar-refractivity contribution in [1.29, 1.82) is 0 Å². The van der Waals surface area contributed by atoms with Crippen LogP contribution in [0.3, 0.4) is 0 Å². The van der Waals surface area contributed by atoms with Gasteiger partial charge in [-0.15, -0.1) is 11.3 Å². The van der Waals surface area contributed by atoms with Crippen molar-refractivity contribution in [2.75, 3.05) is 0 Å². The summed E-state index contributed by atoms with van der Waals surface area (Å²) in [6.45, 7) is 4.00. The van der Waals surface area contributed by atoms with Crippen molar-refractivity contribution in [3.8, 4) is 44.8 Å². The molecule has 0 bridgehead atoms. The van der Waals surface area contributed by atoms with Gasteiger partial charge in [-0.05, 0) is 111 Å². The molecule has 0 spiro atoms. The summed E-state index contributed by atoms with van der Waals surface area (Å²) in [5.41, 5.74) is 15.0. The Kier molecular flexibility index (Phi) is 6.96. The van der Waals surface area contributed by atoms with E-state index in [-0.39, 0.29) is 0 Å². The highest BCUT2D eigenvalue weighted by Gasteiger charge is 2.26. The Hall–Kier alpha value is -6.94. The third-order valence-electron chi connectivity index (χ3n) is 12.0. The zero-order valence-electron chi connectivity index (χ0n) is 31.6. The fourth-order valence-corrected chi connectivity index (χ4v) is 10.8. The molecule has 12 aromatic rings. The molecule has 9 aromatic carbocycles. The third kappa shape index (κ3) is 4.52. The summed E-state index contributed by atoms with van der Waals surface area (Å²) in [6, 6.07) is 67.7. The summed E-state index contributed by atoms with van der Waals surface area (Å²) in [6.07, 6.45) is 0. The lowest BCUT2D eigenvalue weighted by molar-refractivity contribution is 1.18. The summed E-state index contributed by atoms with van der Waals surface area (Å²) in [7, 11) is 0. The molecule has 0 fully saturated rings. The quantitative estimate of drug-likeness (QED) is 0.170. The van der Waals surface area contributed by atoms with E-state index in [0.717, 1.165) is 0 Å². The normalized spacial score (nSPS) is 12.0. The van der Waals surface area contributed by atoms with Gasteiger partial charge in [0, 0.05) is 53.1 Å². The number of rotatable bonds is 3. The highest BCUT2D eigenvalue weighted by atomic mass is 32.1. The molecule has 3 heterocycles. The van der Waals surface area contributed by atoms with Gasteiger partial charge < -0.3 is 9.13 Å². The highest BCUT2D eigenvalue weighted by Crippen LogP contribution is 2.51. The van der Waals surface area contributed by atoms with Crippen LogP contribution in [0.4, 0.5) is 0 Å². The minimum atomic E-state index is 1.18. The molecule has 1 aliphatic carbocycles. The first kappa shape index (κ1) is 32.3. The minimum absolute atomic E-state index is 1.18. The number of thiophene rings is 1. The first-order chi connectivity index (χ1) is 28.3. The summed E-state index contributed by atoms with van der Waals surface area (Å²) < 4.78 is 7.54. The summed E-state index contributed by atoms with van der Waals surface area (Å²) in [5, 5.41) is 10.4. The largest absolute Gasteiger partial charge is 0.309 e. The molecule has 0 unspecified atom stereocenters. The van der Waals surface area contributed by atoms with Crippen molar-refractivity contribution in [2.45, 2.75) is 13.8 Å². The maximum atomic E-state index is 2.51. The van der Waals surface area contributed by atoms with E-state index >= 15 is 0 Å². The molecule has 0 aliphatic heterocycles. The van der Waals surface area contributed by atoms with Gasteiger partial charge in [-0.2, -0.15) is 0 Å². The van der Waals surface area contributed by atoms with Crippen molar-refractivity contribution in [2.24, 2.45) is 0 Å². The van der Waals surface area contributed by atoms with E-state index < -0.39 is 0 Å². The van der Waals surface area contributed by atoms with Crippen LogP contribution in [0, 0.1) is 0 Å². The molecule has 13 rings (SSSR count). The Morgan fingerprint density at radius 2 is 0.912 bits per heavy atom. The van der Waals surface area contributed by atoms with Crippen molar-refractivity contribution in [3.05, 3.63) is 182 Å². The number of hydrogen-bond donors (Lipinski definition) is 0. The Balaban J connectivity index is 0.00000175. The topological polar surface area (TPSA) is 9.86 Å². The van der Waals surface area contributed by atoms with Crippen molar-refractivity contribution >= 4 is 85.9 Å². The van der Waals surface area contributed by atoms with E-state index in [1.165, 1.54) is 119 Å². The predicted molar refractivity (Wildman–Crippen MR) is 247 cm³/mol. The predicted octanol–water partition coefficient (Wildman–Crippen LogP) is 15.7. The monoisotopic (exact) mass is 744 g/mol. The second kappa shape index (κ2) is 12.3. The van der Waals surface area contributed by atoms with Gasteiger partial charge in [-0.3, -0.25) is 0 Å². The van der Waals surface area contributed by atoms with E-state index in [1.54, 1.807) is 0 Å². The molecule has 57 heavy (non-hydrogen) atoms. The van der Waals surface area contributed by atoms with Gasteiger partial charge in [0.05, 0.1) is 22.1 Å². The van der Waals surface area contributed by atoms with E-state index in [9.17, 15) is 0 Å². The van der Waals surface area contributed by atoms with Crippen LogP contribution in [0.5, 0.6) is 0 Å². The molecule has 0 saturated heterocycles. The van der Waals surface area contributed by atoms with Gasteiger partial charge in [0.1, 0.15) is 0 Å². The van der Waals surface area contributed by atoms with Gasteiger partial charge >= 0.3 is 0 Å². The van der Waals surface area contributed by atoms with E-state index in [0.29, 0.717) is 0 Å². The molecule has 0 N–H and O–H groups in total. The lowest BCUT2D eigenvalue weighted by Crippen LogP contribution is -1.94. The van der Waals surface area contributed by atoms with Gasteiger partial charge in [0.15, 0.2) is 0 Å². The molecule has 0 atom stereocenters. The van der Waals surface area contributed by atoms with Crippen LogP contribution in [0.1, 0.15) is 13.8 Å². The number of benzene rings is 9. The van der Waals surface area contributed by atoms with Gasteiger partial charge in [-0.25, -0.2) is 0 Å². The van der Waals surface area contributed by atoms with E-state index in [2.05, 4.69) is 191 Å².